The maximum Gasteiger partial charge on any atom is 0.110 e. The van der Waals surface area contributed by atoms with Gasteiger partial charge in [-0.15, -0.1) is 12.4 Å². The van der Waals surface area contributed by atoms with Crippen LogP contribution in [-0.4, -0.2) is 19.4 Å². The summed E-state index contributed by atoms with van der Waals surface area (Å²) in [4.78, 5) is 0. The van der Waals surface area contributed by atoms with Gasteiger partial charge in [0.05, 0.1) is 6.61 Å². The average Bonchev–Trinajstić information content (AvgIpc) is 1.88. The van der Waals surface area contributed by atoms with Gasteiger partial charge in [0, 0.05) is 6.54 Å². The summed E-state index contributed by atoms with van der Waals surface area (Å²) in [5.41, 5.74) is 0. The fourth-order valence-electron chi connectivity index (χ4n) is 1.13. The second kappa shape index (κ2) is 4.96. The molecular weight excluding hydrogens is 162 g/mol. The molecular formula is C8H18ClNO. The molecule has 1 N–H and O–H groups in total. The van der Waals surface area contributed by atoms with Crippen molar-refractivity contribution in [1.29, 1.82) is 0 Å². The molecule has 0 aromatic heterocycles. The van der Waals surface area contributed by atoms with Crippen molar-refractivity contribution in [3.8, 4) is 0 Å². The molecule has 2 atom stereocenters. The second-order valence-electron chi connectivity index (χ2n) is 3.51. The summed E-state index contributed by atoms with van der Waals surface area (Å²) in [6.45, 7) is 8.56. The van der Waals surface area contributed by atoms with E-state index in [4.69, 9.17) is 4.74 Å². The highest BCUT2D eigenvalue weighted by Crippen LogP contribution is 2.10. The minimum absolute atomic E-state index is 0. The van der Waals surface area contributed by atoms with Crippen LogP contribution >= 0.6 is 12.4 Å². The molecule has 1 heterocycles. The van der Waals surface area contributed by atoms with Crippen LogP contribution in [0.25, 0.3) is 0 Å². The smallest absolute Gasteiger partial charge is 0.110 e. The Labute approximate surface area is 75.1 Å². The lowest BCUT2D eigenvalue weighted by molar-refractivity contribution is -0.0483. The minimum Gasteiger partial charge on any atom is -0.363 e. The molecule has 1 aliphatic heterocycles. The largest absolute Gasteiger partial charge is 0.363 e. The third-order valence-corrected chi connectivity index (χ3v) is 1.83. The molecule has 0 spiro atoms. The van der Waals surface area contributed by atoms with E-state index in [1.807, 2.05) is 0 Å². The van der Waals surface area contributed by atoms with Crippen molar-refractivity contribution in [2.75, 3.05) is 13.2 Å². The van der Waals surface area contributed by atoms with Gasteiger partial charge < -0.3 is 4.74 Å². The standard InChI is InChI=1S/C8H17NO.ClH/c1-6(2)8-9-4-7(3)5-10-8;/h6-9H,4-5H2,1-3H3;1H. The van der Waals surface area contributed by atoms with Crippen molar-refractivity contribution < 1.29 is 4.74 Å². The second-order valence-corrected chi connectivity index (χ2v) is 3.51. The Bertz CT molecular complexity index is 100. The van der Waals surface area contributed by atoms with Crippen LogP contribution in [0.5, 0.6) is 0 Å². The Balaban J connectivity index is 0.000001000. The van der Waals surface area contributed by atoms with Gasteiger partial charge in [0.1, 0.15) is 6.23 Å². The summed E-state index contributed by atoms with van der Waals surface area (Å²) in [5.74, 6) is 1.27. The van der Waals surface area contributed by atoms with E-state index in [0.29, 0.717) is 11.8 Å². The lowest BCUT2D eigenvalue weighted by Crippen LogP contribution is -2.45. The average molecular weight is 180 g/mol. The van der Waals surface area contributed by atoms with Gasteiger partial charge in [0.25, 0.3) is 0 Å². The predicted octanol–water partition coefficient (Wildman–Crippen LogP) is 1.65. The van der Waals surface area contributed by atoms with E-state index in [1.165, 1.54) is 0 Å². The fourth-order valence-corrected chi connectivity index (χ4v) is 1.13. The number of hydrogen-bond acceptors (Lipinski definition) is 2. The molecule has 1 aliphatic rings. The van der Waals surface area contributed by atoms with Crippen molar-refractivity contribution in [2.45, 2.75) is 27.0 Å². The molecule has 1 fully saturated rings. The Morgan fingerprint density at radius 1 is 1.45 bits per heavy atom. The van der Waals surface area contributed by atoms with Gasteiger partial charge >= 0.3 is 0 Å². The van der Waals surface area contributed by atoms with Gasteiger partial charge in [-0.25, -0.2) is 0 Å². The Morgan fingerprint density at radius 2 is 2.09 bits per heavy atom. The van der Waals surface area contributed by atoms with Gasteiger partial charge in [-0.05, 0) is 11.8 Å². The first kappa shape index (κ1) is 11.2. The van der Waals surface area contributed by atoms with Crippen molar-refractivity contribution >= 4 is 12.4 Å². The summed E-state index contributed by atoms with van der Waals surface area (Å²) in [7, 11) is 0. The number of halogens is 1. The van der Waals surface area contributed by atoms with Crippen molar-refractivity contribution in [3.63, 3.8) is 0 Å². The Hall–Kier alpha value is 0.210. The van der Waals surface area contributed by atoms with Crippen LogP contribution in [0.15, 0.2) is 0 Å². The fraction of sp³-hybridized carbons (Fsp3) is 1.00. The van der Waals surface area contributed by atoms with Gasteiger partial charge in [-0.1, -0.05) is 20.8 Å². The van der Waals surface area contributed by atoms with Gasteiger partial charge in [0.15, 0.2) is 0 Å². The van der Waals surface area contributed by atoms with E-state index >= 15 is 0 Å². The van der Waals surface area contributed by atoms with Crippen LogP contribution in [0.2, 0.25) is 0 Å². The molecule has 2 nitrogen and oxygen atoms in total. The molecule has 0 aromatic carbocycles. The Kier molecular flexibility index (Phi) is 5.06. The number of rotatable bonds is 1. The summed E-state index contributed by atoms with van der Waals surface area (Å²) in [5, 5.41) is 3.35. The summed E-state index contributed by atoms with van der Waals surface area (Å²) >= 11 is 0. The minimum atomic E-state index is 0. The maximum atomic E-state index is 5.54. The SMILES string of the molecule is CC1CNC(C(C)C)OC1.Cl. The molecule has 0 saturated carbocycles. The van der Waals surface area contributed by atoms with E-state index < -0.39 is 0 Å². The molecule has 68 valence electrons. The van der Waals surface area contributed by atoms with Gasteiger partial charge in [-0.2, -0.15) is 0 Å². The van der Waals surface area contributed by atoms with Crippen LogP contribution in [0.1, 0.15) is 20.8 Å². The molecule has 3 heteroatoms. The van der Waals surface area contributed by atoms with Crippen LogP contribution < -0.4 is 5.32 Å². The zero-order chi connectivity index (χ0) is 7.56. The first-order chi connectivity index (χ1) is 4.70. The van der Waals surface area contributed by atoms with Crippen LogP contribution in [0, 0.1) is 11.8 Å². The molecule has 0 aliphatic carbocycles. The predicted molar refractivity (Wildman–Crippen MR) is 49.0 cm³/mol. The summed E-state index contributed by atoms with van der Waals surface area (Å²) < 4.78 is 5.54. The van der Waals surface area contributed by atoms with Crippen molar-refractivity contribution in [2.24, 2.45) is 11.8 Å². The normalized spacial score (nSPS) is 31.6. The molecule has 0 amide bonds. The monoisotopic (exact) mass is 179 g/mol. The number of nitrogens with one attached hydrogen (secondary N) is 1. The molecule has 1 rings (SSSR count). The third kappa shape index (κ3) is 3.41. The topological polar surface area (TPSA) is 21.3 Å². The molecule has 11 heavy (non-hydrogen) atoms. The highest BCUT2D eigenvalue weighted by molar-refractivity contribution is 5.85. The summed E-state index contributed by atoms with van der Waals surface area (Å²) in [6, 6.07) is 0. The van der Waals surface area contributed by atoms with E-state index in [-0.39, 0.29) is 18.6 Å². The van der Waals surface area contributed by atoms with Crippen LogP contribution in [-0.2, 0) is 4.74 Å². The lowest BCUT2D eigenvalue weighted by atomic mass is 10.1. The number of ether oxygens (including phenoxy) is 1. The van der Waals surface area contributed by atoms with Crippen LogP contribution in [0.3, 0.4) is 0 Å². The van der Waals surface area contributed by atoms with Gasteiger partial charge in [0.2, 0.25) is 0 Å². The van der Waals surface area contributed by atoms with E-state index in [9.17, 15) is 0 Å². The maximum absolute atomic E-state index is 5.54. The lowest BCUT2D eigenvalue weighted by Gasteiger charge is -2.30. The molecule has 0 radical (unpaired) electrons. The highest BCUT2D eigenvalue weighted by Gasteiger charge is 2.19. The van der Waals surface area contributed by atoms with Crippen LogP contribution in [0.4, 0.5) is 0 Å². The third-order valence-electron chi connectivity index (χ3n) is 1.83. The van der Waals surface area contributed by atoms with Crippen molar-refractivity contribution in [1.82, 2.24) is 5.32 Å². The molecule has 0 bridgehead atoms. The molecule has 0 aromatic rings. The molecule has 1 saturated heterocycles. The highest BCUT2D eigenvalue weighted by atomic mass is 35.5. The quantitative estimate of drug-likeness (QED) is 0.661. The van der Waals surface area contributed by atoms with Gasteiger partial charge in [-0.3, -0.25) is 5.32 Å². The van der Waals surface area contributed by atoms with E-state index in [1.54, 1.807) is 0 Å². The first-order valence-electron chi connectivity index (χ1n) is 4.05. The summed E-state index contributed by atoms with van der Waals surface area (Å²) in [6.07, 6.45) is 0.288. The van der Waals surface area contributed by atoms with Crippen molar-refractivity contribution in [3.05, 3.63) is 0 Å². The van der Waals surface area contributed by atoms with E-state index in [0.717, 1.165) is 13.2 Å². The van der Waals surface area contributed by atoms with E-state index in [2.05, 4.69) is 26.1 Å². The molecule has 2 unspecified atom stereocenters. The zero-order valence-electron chi connectivity index (χ0n) is 7.46. The zero-order valence-corrected chi connectivity index (χ0v) is 8.28. The first-order valence-corrected chi connectivity index (χ1v) is 4.05. The number of hydrogen-bond donors (Lipinski definition) is 1. The Morgan fingerprint density at radius 3 is 2.45 bits per heavy atom.